The van der Waals surface area contributed by atoms with Gasteiger partial charge in [0.1, 0.15) is 0 Å². The van der Waals surface area contributed by atoms with Gasteiger partial charge in [-0.25, -0.2) is 4.98 Å². The first-order chi connectivity index (χ1) is 8.59. The Morgan fingerprint density at radius 1 is 1.61 bits per heavy atom. The van der Waals surface area contributed by atoms with Crippen molar-refractivity contribution < 1.29 is 5.11 Å². The van der Waals surface area contributed by atoms with E-state index in [4.69, 9.17) is 0 Å². The van der Waals surface area contributed by atoms with E-state index in [0.29, 0.717) is 0 Å². The third kappa shape index (κ3) is 3.75. The van der Waals surface area contributed by atoms with E-state index in [1.807, 2.05) is 5.51 Å². The standard InChI is InChI=1S/C13H23N3OS/c1-11-12(18-10-15-11)4-7-16(2)9-13(17)5-3-6-14-8-13/h10,14,17H,3-9H2,1-2H3. The minimum Gasteiger partial charge on any atom is -0.387 e. The molecule has 2 N–H and O–H groups in total. The maximum Gasteiger partial charge on any atom is 0.0897 e. The zero-order valence-electron chi connectivity index (χ0n) is 11.3. The van der Waals surface area contributed by atoms with Crippen LogP contribution in [-0.4, -0.2) is 53.8 Å². The molecule has 1 atom stereocenters. The highest BCUT2D eigenvalue weighted by Gasteiger charge is 2.30. The number of likely N-dealkylation sites (N-methyl/N-ethyl adjacent to an activating group) is 1. The zero-order chi connectivity index (χ0) is 13.0. The summed E-state index contributed by atoms with van der Waals surface area (Å²) in [4.78, 5) is 7.85. The first kappa shape index (κ1) is 13.9. The highest BCUT2D eigenvalue weighted by atomic mass is 32.1. The van der Waals surface area contributed by atoms with Crippen LogP contribution in [-0.2, 0) is 6.42 Å². The van der Waals surface area contributed by atoms with Gasteiger partial charge in [0.25, 0.3) is 0 Å². The van der Waals surface area contributed by atoms with E-state index in [2.05, 4.69) is 29.2 Å². The summed E-state index contributed by atoms with van der Waals surface area (Å²) in [7, 11) is 2.09. The van der Waals surface area contributed by atoms with E-state index in [9.17, 15) is 5.11 Å². The highest BCUT2D eigenvalue weighted by molar-refractivity contribution is 7.09. The quantitative estimate of drug-likeness (QED) is 0.838. The van der Waals surface area contributed by atoms with Gasteiger partial charge in [0, 0.05) is 24.5 Å². The van der Waals surface area contributed by atoms with E-state index < -0.39 is 5.60 Å². The molecule has 1 fully saturated rings. The van der Waals surface area contributed by atoms with E-state index >= 15 is 0 Å². The summed E-state index contributed by atoms with van der Waals surface area (Å²) < 4.78 is 0. The number of rotatable bonds is 5. The smallest absolute Gasteiger partial charge is 0.0897 e. The Morgan fingerprint density at radius 3 is 3.06 bits per heavy atom. The van der Waals surface area contributed by atoms with E-state index in [-0.39, 0.29) is 0 Å². The maximum absolute atomic E-state index is 10.4. The Bertz CT molecular complexity index is 374. The second-order valence-corrected chi connectivity index (χ2v) is 6.29. The molecular formula is C13H23N3OS. The summed E-state index contributed by atoms with van der Waals surface area (Å²) in [6.45, 7) is 5.54. The Labute approximate surface area is 113 Å². The summed E-state index contributed by atoms with van der Waals surface area (Å²) in [5.74, 6) is 0. The van der Waals surface area contributed by atoms with Gasteiger partial charge in [0.05, 0.1) is 16.8 Å². The largest absolute Gasteiger partial charge is 0.387 e. The van der Waals surface area contributed by atoms with Gasteiger partial charge in [-0.3, -0.25) is 0 Å². The molecule has 0 saturated carbocycles. The molecule has 1 aliphatic heterocycles. The molecule has 4 nitrogen and oxygen atoms in total. The van der Waals surface area contributed by atoms with Crippen molar-refractivity contribution in [3.8, 4) is 0 Å². The van der Waals surface area contributed by atoms with Crippen LogP contribution in [0.1, 0.15) is 23.4 Å². The number of aryl methyl sites for hydroxylation is 1. The Hall–Kier alpha value is -0.490. The van der Waals surface area contributed by atoms with Gasteiger partial charge in [0.15, 0.2) is 0 Å². The number of nitrogens with zero attached hydrogens (tertiary/aromatic N) is 2. The van der Waals surface area contributed by atoms with E-state index in [1.54, 1.807) is 11.3 Å². The fraction of sp³-hybridized carbons (Fsp3) is 0.769. The first-order valence-corrected chi connectivity index (χ1v) is 7.48. The van der Waals surface area contributed by atoms with Crippen molar-refractivity contribution >= 4 is 11.3 Å². The van der Waals surface area contributed by atoms with Gasteiger partial charge in [-0.15, -0.1) is 11.3 Å². The first-order valence-electron chi connectivity index (χ1n) is 6.60. The van der Waals surface area contributed by atoms with Gasteiger partial charge >= 0.3 is 0 Å². The molecule has 2 heterocycles. The fourth-order valence-corrected chi connectivity index (χ4v) is 3.30. The number of β-amino-alcohol motifs (C(OH)–C–C–N with tert-alkyl or cyclic N) is 1. The average molecular weight is 269 g/mol. The minimum absolute atomic E-state index is 0.546. The molecule has 5 heteroatoms. The number of thiazole rings is 1. The normalized spacial score (nSPS) is 24.7. The summed E-state index contributed by atoms with van der Waals surface area (Å²) in [6.07, 6.45) is 3.00. The van der Waals surface area contributed by atoms with Crippen molar-refractivity contribution in [3.05, 3.63) is 16.1 Å². The number of hydrogen-bond donors (Lipinski definition) is 2. The van der Waals surface area contributed by atoms with Gasteiger partial charge in [-0.1, -0.05) is 0 Å². The summed E-state index contributed by atoms with van der Waals surface area (Å²) >= 11 is 1.72. The summed E-state index contributed by atoms with van der Waals surface area (Å²) in [5.41, 5.74) is 2.50. The predicted molar refractivity (Wildman–Crippen MR) is 75.1 cm³/mol. The van der Waals surface area contributed by atoms with Gasteiger partial charge in [-0.05, 0) is 39.8 Å². The van der Waals surface area contributed by atoms with Crippen LogP contribution in [0.3, 0.4) is 0 Å². The van der Waals surface area contributed by atoms with Crippen LogP contribution in [0.2, 0.25) is 0 Å². The molecule has 0 aliphatic carbocycles. The summed E-state index contributed by atoms with van der Waals surface area (Å²) in [5, 5.41) is 13.7. The molecule has 0 bridgehead atoms. The van der Waals surface area contributed by atoms with Crippen molar-refractivity contribution in [2.24, 2.45) is 0 Å². The molecule has 1 aliphatic rings. The fourth-order valence-electron chi connectivity index (χ4n) is 2.53. The molecule has 1 unspecified atom stereocenters. The minimum atomic E-state index is -0.546. The lowest BCUT2D eigenvalue weighted by molar-refractivity contribution is -0.00933. The zero-order valence-corrected chi connectivity index (χ0v) is 12.1. The molecule has 18 heavy (non-hydrogen) atoms. The van der Waals surface area contributed by atoms with E-state index in [1.165, 1.54) is 4.88 Å². The predicted octanol–water partition coefficient (Wildman–Crippen LogP) is 1.04. The Balaban J connectivity index is 1.78. The number of hydrogen-bond acceptors (Lipinski definition) is 5. The van der Waals surface area contributed by atoms with Gasteiger partial charge < -0.3 is 15.3 Å². The molecular weight excluding hydrogens is 246 g/mol. The van der Waals surface area contributed by atoms with E-state index in [0.717, 1.165) is 51.1 Å². The number of nitrogens with one attached hydrogen (secondary N) is 1. The second-order valence-electron chi connectivity index (χ2n) is 5.35. The van der Waals surface area contributed by atoms with Crippen LogP contribution in [0.5, 0.6) is 0 Å². The summed E-state index contributed by atoms with van der Waals surface area (Å²) in [6, 6.07) is 0. The lowest BCUT2D eigenvalue weighted by Gasteiger charge is -2.36. The molecule has 0 radical (unpaired) electrons. The number of aromatic nitrogens is 1. The monoisotopic (exact) mass is 269 g/mol. The van der Waals surface area contributed by atoms with Crippen molar-refractivity contribution in [2.45, 2.75) is 31.8 Å². The third-order valence-electron chi connectivity index (χ3n) is 3.58. The van der Waals surface area contributed by atoms with Crippen LogP contribution >= 0.6 is 11.3 Å². The molecule has 102 valence electrons. The molecule has 2 rings (SSSR count). The van der Waals surface area contributed by atoms with Crippen LogP contribution in [0.15, 0.2) is 5.51 Å². The highest BCUT2D eigenvalue weighted by Crippen LogP contribution is 2.18. The van der Waals surface area contributed by atoms with Gasteiger partial charge in [0.2, 0.25) is 0 Å². The molecule has 0 aromatic carbocycles. The van der Waals surface area contributed by atoms with Crippen molar-refractivity contribution in [3.63, 3.8) is 0 Å². The maximum atomic E-state index is 10.4. The number of piperidine rings is 1. The molecule has 0 amide bonds. The van der Waals surface area contributed by atoms with Crippen molar-refractivity contribution in [2.75, 3.05) is 33.2 Å². The lowest BCUT2D eigenvalue weighted by Crippen LogP contribution is -2.52. The molecule has 0 spiro atoms. The van der Waals surface area contributed by atoms with Crippen LogP contribution < -0.4 is 5.32 Å². The van der Waals surface area contributed by atoms with Crippen LogP contribution in [0, 0.1) is 6.92 Å². The third-order valence-corrected chi connectivity index (χ3v) is 4.57. The van der Waals surface area contributed by atoms with Crippen LogP contribution in [0.25, 0.3) is 0 Å². The second kappa shape index (κ2) is 6.10. The SMILES string of the molecule is Cc1ncsc1CCN(C)CC1(O)CCCNC1. The molecule has 1 saturated heterocycles. The average Bonchev–Trinajstić information content (AvgIpc) is 2.72. The van der Waals surface area contributed by atoms with Crippen LogP contribution in [0.4, 0.5) is 0 Å². The van der Waals surface area contributed by atoms with Crippen molar-refractivity contribution in [1.82, 2.24) is 15.2 Å². The van der Waals surface area contributed by atoms with Gasteiger partial charge in [-0.2, -0.15) is 0 Å². The molecule has 1 aromatic heterocycles. The Kier molecular flexibility index (Phi) is 4.72. The molecule has 1 aromatic rings. The Morgan fingerprint density at radius 2 is 2.44 bits per heavy atom. The number of aliphatic hydroxyl groups is 1. The van der Waals surface area contributed by atoms with Crippen molar-refractivity contribution in [1.29, 1.82) is 0 Å². The topological polar surface area (TPSA) is 48.4 Å². The lowest BCUT2D eigenvalue weighted by atomic mass is 9.93.